The van der Waals surface area contributed by atoms with E-state index in [9.17, 15) is 4.79 Å². The first kappa shape index (κ1) is 24.6. The minimum Gasteiger partial charge on any atom is -0.497 e. The fraction of sp³-hybridized carbons (Fsp3) is 0.133. The van der Waals surface area contributed by atoms with E-state index in [0.29, 0.717) is 15.3 Å². The van der Waals surface area contributed by atoms with E-state index in [1.54, 1.807) is 7.11 Å². The fourth-order valence-corrected chi connectivity index (χ4v) is 5.13. The zero-order chi connectivity index (χ0) is 26.9. The molecule has 0 aliphatic carbocycles. The summed E-state index contributed by atoms with van der Waals surface area (Å²) in [5.74, 6) is 2.03. The van der Waals surface area contributed by atoms with E-state index in [2.05, 4.69) is 10.1 Å². The van der Waals surface area contributed by atoms with Crippen molar-refractivity contribution in [1.29, 1.82) is 0 Å². The third kappa shape index (κ3) is 4.92. The lowest BCUT2D eigenvalue weighted by Crippen LogP contribution is -2.23. The van der Waals surface area contributed by atoms with Gasteiger partial charge in [-0.05, 0) is 80.6 Å². The van der Waals surface area contributed by atoms with Crippen molar-refractivity contribution < 1.29 is 9.47 Å². The summed E-state index contributed by atoms with van der Waals surface area (Å²) >= 11 is 1.30. The van der Waals surface area contributed by atoms with E-state index >= 15 is 0 Å². The first-order chi connectivity index (χ1) is 19.0. The molecule has 0 N–H and O–H groups in total. The van der Waals surface area contributed by atoms with E-state index < -0.39 is 0 Å². The molecule has 0 saturated carbocycles. The predicted octanol–water partition coefficient (Wildman–Crippen LogP) is 5.01. The van der Waals surface area contributed by atoms with Crippen LogP contribution in [-0.4, -0.2) is 37.6 Å². The van der Waals surface area contributed by atoms with Crippen molar-refractivity contribution >= 4 is 22.4 Å². The lowest BCUT2D eigenvalue weighted by Gasteiger charge is -2.09. The van der Waals surface area contributed by atoms with Crippen LogP contribution in [0.25, 0.3) is 39.4 Å². The molecule has 3 heterocycles. The molecule has 0 spiro atoms. The number of aromatic nitrogens is 5. The van der Waals surface area contributed by atoms with Gasteiger partial charge in [-0.25, -0.2) is 4.68 Å². The molecule has 0 saturated heterocycles. The van der Waals surface area contributed by atoms with Gasteiger partial charge in [-0.2, -0.15) is 14.6 Å². The first-order valence-electron chi connectivity index (χ1n) is 12.5. The molecule has 0 radical (unpaired) electrons. The van der Waals surface area contributed by atoms with Gasteiger partial charge < -0.3 is 9.47 Å². The highest BCUT2D eigenvalue weighted by atomic mass is 32.1. The number of thiazole rings is 1. The average Bonchev–Trinajstić information content (AvgIpc) is 3.64. The zero-order valence-electron chi connectivity index (χ0n) is 21.6. The second-order valence-corrected chi connectivity index (χ2v) is 10.2. The van der Waals surface area contributed by atoms with Crippen LogP contribution in [-0.2, 0) is 0 Å². The Labute approximate surface area is 228 Å². The summed E-state index contributed by atoms with van der Waals surface area (Å²) in [6.07, 6.45) is 3.88. The van der Waals surface area contributed by atoms with Gasteiger partial charge in [-0.3, -0.25) is 4.79 Å². The third-order valence-electron chi connectivity index (χ3n) is 6.08. The van der Waals surface area contributed by atoms with Crippen molar-refractivity contribution in [2.45, 2.75) is 20.0 Å². The Balaban J connectivity index is 1.42. The number of methoxy groups -OCH3 is 1. The van der Waals surface area contributed by atoms with Crippen LogP contribution < -0.4 is 19.6 Å². The molecule has 6 aromatic rings. The minimum absolute atomic E-state index is 0.0871. The van der Waals surface area contributed by atoms with Gasteiger partial charge in [0.25, 0.3) is 5.56 Å². The highest BCUT2D eigenvalue weighted by molar-refractivity contribution is 7.15. The Kier molecular flexibility index (Phi) is 6.42. The molecule has 3 aromatic carbocycles. The van der Waals surface area contributed by atoms with Gasteiger partial charge in [-0.1, -0.05) is 29.5 Å². The molecule has 0 atom stereocenters. The number of nitrogens with zero attached hydrogens (tertiary/aromatic N) is 5. The number of benzene rings is 3. The van der Waals surface area contributed by atoms with Gasteiger partial charge in [0.05, 0.1) is 23.4 Å². The Bertz CT molecular complexity index is 1850. The summed E-state index contributed by atoms with van der Waals surface area (Å²) in [5, 5.41) is 9.35. The van der Waals surface area contributed by atoms with Crippen molar-refractivity contribution in [3.63, 3.8) is 0 Å². The van der Waals surface area contributed by atoms with Crippen molar-refractivity contribution in [1.82, 2.24) is 24.4 Å². The number of hydrogen-bond acceptors (Lipinski definition) is 7. The highest BCUT2D eigenvalue weighted by Crippen LogP contribution is 2.27. The van der Waals surface area contributed by atoms with Gasteiger partial charge in [0.15, 0.2) is 5.82 Å². The molecule has 39 heavy (non-hydrogen) atoms. The van der Waals surface area contributed by atoms with E-state index in [1.165, 1.54) is 15.9 Å². The summed E-state index contributed by atoms with van der Waals surface area (Å²) in [4.78, 5) is 18.5. The summed E-state index contributed by atoms with van der Waals surface area (Å²) in [7, 11) is 1.62. The van der Waals surface area contributed by atoms with Crippen LogP contribution in [0.5, 0.6) is 11.5 Å². The quantitative estimate of drug-likeness (QED) is 0.286. The van der Waals surface area contributed by atoms with Gasteiger partial charge in [0.1, 0.15) is 17.2 Å². The molecule has 0 aliphatic rings. The lowest BCUT2D eigenvalue weighted by molar-refractivity contribution is 0.242. The molecule has 3 aromatic heterocycles. The Morgan fingerprint density at radius 2 is 1.56 bits per heavy atom. The second kappa shape index (κ2) is 10.2. The average molecular weight is 536 g/mol. The number of fused-ring (bicyclic) bond motifs is 1. The monoisotopic (exact) mass is 535 g/mol. The molecular formula is C30H25N5O3S. The molecule has 0 bridgehead atoms. The summed E-state index contributed by atoms with van der Waals surface area (Å²) < 4.78 is 14.7. The Morgan fingerprint density at radius 1 is 0.872 bits per heavy atom. The van der Waals surface area contributed by atoms with Crippen LogP contribution in [0.4, 0.5) is 0 Å². The smallest absolute Gasteiger partial charge is 0.291 e. The molecule has 6 rings (SSSR count). The first-order valence-corrected chi connectivity index (χ1v) is 13.3. The van der Waals surface area contributed by atoms with Crippen molar-refractivity contribution in [3.8, 4) is 39.8 Å². The van der Waals surface area contributed by atoms with E-state index in [1.807, 2.05) is 110 Å². The predicted molar refractivity (Wildman–Crippen MR) is 153 cm³/mol. The maximum absolute atomic E-state index is 13.3. The molecule has 0 fully saturated rings. The van der Waals surface area contributed by atoms with Crippen molar-refractivity contribution in [2.75, 3.05) is 7.11 Å². The summed E-state index contributed by atoms with van der Waals surface area (Å²) in [5.41, 5.74) is 4.00. The second-order valence-electron chi connectivity index (χ2n) is 9.18. The summed E-state index contributed by atoms with van der Waals surface area (Å²) in [6.45, 7) is 3.99. The third-order valence-corrected chi connectivity index (χ3v) is 7.04. The normalized spacial score (nSPS) is 11.9. The topological polar surface area (TPSA) is 83.5 Å². The number of hydrogen-bond donors (Lipinski definition) is 0. The summed E-state index contributed by atoms with van der Waals surface area (Å²) in [6, 6.07) is 25.1. The molecule has 0 amide bonds. The maximum Gasteiger partial charge on any atom is 0.291 e. The SMILES string of the molecule is COc1ccc(-c2nc3sc(=Cc4cn(-c5ccccc5)nc4-c4ccc(OC(C)C)cc4)c(=O)n3n2)cc1. The molecule has 8 nitrogen and oxygen atoms in total. The number of para-hydroxylation sites is 1. The van der Waals surface area contributed by atoms with Gasteiger partial charge >= 0.3 is 0 Å². The van der Waals surface area contributed by atoms with Crippen LogP contribution in [0.2, 0.25) is 0 Å². The van der Waals surface area contributed by atoms with E-state index in [-0.39, 0.29) is 11.7 Å². The maximum atomic E-state index is 13.3. The van der Waals surface area contributed by atoms with Crippen LogP contribution in [0, 0.1) is 0 Å². The van der Waals surface area contributed by atoms with Gasteiger partial charge in [0.2, 0.25) is 4.96 Å². The zero-order valence-corrected chi connectivity index (χ0v) is 22.4. The van der Waals surface area contributed by atoms with Gasteiger partial charge in [-0.15, -0.1) is 5.10 Å². The van der Waals surface area contributed by atoms with E-state index in [0.717, 1.165) is 39.6 Å². The van der Waals surface area contributed by atoms with Crippen LogP contribution in [0.1, 0.15) is 19.4 Å². The van der Waals surface area contributed by atoms with Crippen LogP contribution in [0.15, 0.2) is 89.9 Å². The Morgan fingerprint density at radius 3 is 2.23 bits per heavy atom. The molecule has 0 unspecified atom stereocenters. The molecule has 9 heteroatoms. The standard InChI is InChI=1S/C30H25N5O3S/c1-19(2)38-25-15-9-20(10-16-25)27-22(18-34(32-27)23-7-5-4-6-8-23)17-26-29(36)35-30(39-26)31-28(33-35)21-11-13-24(37-3)14-12-21/h4-19H,1-3H3. The fourth-order valence-electron chi connectivity index (χ4n) is 4.23. The van der Waals surface area contributed by atoms with Crippen LogP contribution >= 0.6 is 11.3 Å². The Hall–Kier alpha value is -4.76. The molecule has 194 valence electrons. The number of rotatable bonds is 7. The number of ether oxygens (including phenoxy) is 2. The molecular weight excluding hydrogens is 510 g/mol. The lowest BCUT2D eigenvalue weighted by atomic mass is 10.1. The van der Waals surface area contributed by atoms with Crippen molar-refractivity contribution in [2.24, 2.45) is 0 Å². The van der Waals surface area contributed by atoms with Gasteiger partial charge in [0, 0.05) is 22.9 Å². The van der Waals surface area contributed by atoms with E-state index in [4.69, 9.17) is 14.6 Å². The largest absolute Gasteiger partial charge is 0.497 e. The molecule has 0 aliphatic heterocycles. The minimum atomic E-state index is -0.221. The van der Waals surface area contributed by atoms with Crippen LogP contribution in [0.3, 0.4) is 0 Å². The highest BCUT2D eigenvalue weighted by Gasteiger charge is 2.15. The van der Waals surface area contributed by atoms with Crippen molar-refractivity contribution in [3.05, 3.63) is 106 Å².